The second-order valence-corrected chi connectivity index (χ2v) is 3.96. The molecule has 0 unspecified atom stereocenters. The van der Waals surface area contributed by atoms with E-state index in [2.05, 4.69) is 43.6 Å². The van der Waals surface area contributed by atoms with E-state index in [-0.39, 0.29) is 0 Å². The van der Waals surface area contributed by atoms with Gasteiger partial charge in [-0.25, -0.2) is 0 Å². The van der Waals surface area contributed by atoms with Gasteiger partial charge in [-0.2, -0.15) is 0 Å². The van der Waals surface area contributed by atoms with Gasteiger partial charge in [0.1, 0.15) is 31.4 Å². The number of hydrogen-bond donors (Lipinski definition) is 1. The average Bonchev–Trinajstić information content (AvgIpc) is 2.16. The zero-order valence-electron chi connectivity index (χ0n) is 10.2. The Morgan fingerprint density at radius 1 is 0.929 bits per heavy atom. The first-order chi connectivity index (χ1) is 6.54. The van der Waals surface area contributed by atoms with Gasteiger partial charge < -0.3 is 5.32 Å². The Morgan fingerprint density at radius 3 is 1.93 bits per heavy atom. The molecular weight excluding hydrogens is 165 g/mol. The molecule has 0 aliphatic heterocycles. The Hall–Kier alpha value is -0.720. The molecule has 0 amide bonds. The summed E-state index contributed by atoms with van der Waals surface area (Å²) in [5.41, 5.74) is 8.50. The third kappa shape index (κ3) is 1.60. The lowest BCUT2D eigenvalue weighted by Crippen LogP contribution is -2.47. The van der Waals surface area contributed by atoms with E-state index in [0.717, 1.165) is 6.42 Å². The number of hydrogen-bond acceptors (Lipinski definition) is 1. The van der Waals surface area contributed by atoms with Crippen LogP contribution in [0.4, 0.5) is 5.69 Å². The van der Waals surface area contributed by atoms with E-state index in [1.807, 2.05) is 7.05 Å². The molecule has 0 saturated carbocycles. The van der Waals surface area contributed by atoms with Crippen molar-refractivity contribution < 1.29 is 0 Å². The van der Waals surface area contributed by atoms with Gasteiger partial charge >= 0.3 is 0 Å². The highest BCUT2D eigenvalue weighted by Crippen LogP contribution is 1.99. The van der Waals surface area contributed by atoms with Crippen molar-refractivity contribution in [2.75, 3.05) is 12.4 Å². The lowest BCUT2D eigenvalue weighted by atomic mass is 9.65. The van der Waals surface area contributed by atoms with Crippen molar-refractivity contribution in [3.05, 3.63) is 5.56 Å². The van der Waals surface area contributed by atoms with Gasteiger partial charge in [-0.3, -0.25) is 0 Å². The van der Waals surface area contributed by atoms with Crippen LogP contribution in [-0.2, 0) is 6.42 Å². The Balaban J connectivity index is 3.56. The molecule has 0 aliphatic carbocycles. The van der Waals surface area contributed by atoms with E-state index in [4.69, 9.17) is 0 Å². The first-order valence-corrected chi connectivity index (χ1v) is 5.31. The van der Waals surface area contributed by atoms with Crippen LogP contribution < -0.4 is 27.2 Å². The van der Waals surface area contributed by atoms with E-state index >= 15 is 0 Å². The van der Waals surface area contributed by atoms with E-state index in [1.165, 1.54) is 33.1 Å². The largest absolute Gasteiger partial charge is 0.389 e. The first kappa shape index (κ1) is 11.4. The normalized spacial score (nSPS) is 10.1. The average molecular weight is 182 g/mol. The molecule has 1 N–H and O–H groups in total. The van der Waals surface area contributed by atoms with Crippen molar-refractivity contribution in [3.8, 4) is 0 Å². The Bertz CT molecular complexity index is 331. The molecule has 1 aromatic rings. The highest BCUT2D eigenvalue weighted by atomic mass is 14.8. The van der Waals surface area contributed by atoms with Crippen LogP contribution in [0.5, 0.6) is 0 Å². The number of nitrogens with one attached hydrogen (secondary N) is 1. The summed E-state index contributed by atoms with van der Waals surface area (Å²) in [6.45, 7) is 2.23. The van der Waals surface area contributed by atoms with Crippen LogP contribution in [0.2, 0.25) is 0 Å². The standard InChI is InChI=1S/C9H17B4N/c1-3-4-5(10)7(12)8(13)9(14-2)6(4)11/h14H,3,10-13H2,1-2H3. The molecular formula is C9H17B4N. The molecule has 0 bridgehead atoms. The molecule has 0 radical (unpaired) electrons. The van der Waals surface area contributed by atoms with Gasteiger partial charge in [0.05, 0.1) is 0 Å². The highest BCUT2D eigenvalue weighted by molar-refractivity contribution is 6.61. The maximum atomic E-state index is 3.31. The summed E-state index contributed by atoms with van der Waals surface area (Å²) >= 11 is 0. The van der Waals surface area contributed by atoms with Crippen LogP contribution in [-0.4, -0.2) is 38.4 Å². The van der Waals surface area contributed by atoms with Crippen LogP contribution in [0, 0.1) is 0 Å². The fraction of sp³-hybridized carbons (Fsp3) is 0.333. The SMILES string of the molecule is Bc1c(B)c(CC)c(B)c(NC)c1B. The first-order valence-electron chi connectivity index (χ1n) is 5.31. The van der Waals surface area contributed by atoms with E-state index in [1.54, 1.807) is 0 Å². The van der Waals surface area contributed by atoms with Crippen molar-refractivity contribution in [1.29, 1.82) is 0 Å². The summed E-state index contributed by atoms with van der Waals surface area (Å²) < 4.78 is 0. The minimum Gasteiger partial charge on any atom is -0.389 e. The molecule has 0 atom stereocenters. The summed E-state index contributed by atoms with van der Waals surface area (Å²) in [5.74, 6) is 0. The molecule has 0 heterocycles. The fourth-order valence-corrected chi connectivity index (χ4v) is 2.31. The quantitative estimate of drug-likeness (QED) is 0.454. The summed E-state index contributed by atoms with van der Waals surface area (Å²) in [6, 6.07) is 0. The number of rotatable bonds is 2. The lowest BCUT2D eigenvalue weighted by molar-refractivity contribution is 1.17. The van der Waals surface area contributed by atoms with Crippen LogP contribution in [0.15, 0.2) is 0 Å². The summed E-state index contributed by atoms with van der Waals surface area (Å²) in [7, 11) is 10.9. The van der Waals surface area contributed by atoms with Gasteiger partial charge in [0, 0.05) is 12.7 Å². The number of benzene rings is 1. The lowest BCUT2D eigenvalue weighted by Gasteiger charge is -2.20. The molecule has 70 valence electrons. The minimum absolute atomic E-state index is 1.12. The molecule has 1 nitrogen and oxygen atoms in total. The summed E-state index contributed by atoms with van der Waals surface area (Å²) in [5, 5.41) is 3.31. The molecule has 0 aromatic heterocycles. The van der Waals surface area contributed by atoms with Gasteiger partial charge in [-0.1, -0.05) is 34.3 Å². The maximum Gasteiger partial charge on any atom is 0.142 e. The molecule has 1 rings (SSSR count). The zero-order chi connectivity index (χ0) is 10.9. The molecule has 5 heteroatoms. The van der Waals surface area contributed by atoms with Crippen molar-refractivity contribution >= 4 is 58.9 Å². The Morgan fingerprint density at radius 2 is 1.50 bits per heavy atom. The van der Waals surface area contributed by atoms with Crippen molar-refractivity contribution in [3.63, 3.8) is 0 Å². The maximum absolute atomic E-state index is 3.31. The molecule has 14 heavy (non-hydrogen) atoms. The molecule has 1 aromatic carbocycles. The topological polar surface area (TPSA) is 12.0 Å². The van der Waals surface area contributed by atoms with Crippen molar-refractivity contribution in [2.45, 2.75) is 13.3 Å². The van der Waals surface area contributed by atoms with E-state index in [9.17, 15) is 0 Å². The monoisotopic (exact) mass is 183 g/mol. The number of anilines is 1. The second-order valence-electron chi connectivity index (χ2n) is 3.96. The van der Waals surface area contributed by atoms with Crippen LogP contribution in [0.1, 0.15) is 12.5 Å². The summed E-state index contributed by atoms with van der Waals surface area (Å²) in [6.07, 6.45) is 1.12. The van der Waals surface area contributed by atoms with Gasteiger partial charge in [0.2, 0.25) is 0 Å². The van der Waals surface area contributed by atoms with Gasteiger partial charge in [0.25, 0.3) is 0 Å². The van der Waals surface area contributed by atoms with Crippen molar-refractivity contribution in [1.82, 2.24) is 0 Å². The summed E-state index contributed by atoms with van der Waals surface area (Å²) in [4.78, 5) is 0. The van der Waals surface area contributed by atoms with Crippen molar-refractivity contribution in [2.24, 2.45) is 0 Å². The zero-order valence-corrected chi connectivity index (χ0v) is 10.2. The molecule has 0 fully saturated rings. The van der Waals surface area contributed by atoms with E-state index in [0.29, 0.717) is 0 Å². The van der Waals surface area contributed by atoms with Crippen LogP contribution in [0.25, 0.3) is 0 Å². The molecule has 0 spiro atoms. The second kappa shape index (κ2) is 4.20. The van der Waals surface area contributed by atoms with Gasteiger partial charge in [-0.15, -0.1) is 0 Å². The predicted molar refractivity (Wildman–Crippen MR) is 78.1 cm³/mol. The third-order valence-corrected chi connectivity index (χ3v) is 3.38. The smallest absolute Gasteiger partial charge is 0.142 e. The van der Waals surface area contributed by atoms with Crippen LogP contribution >= 0.6 is 0 Å². The fourth-order valence-electron chi connectivity index (χ4n) is 2.31. The van der Waals surface area contributed by atoms with Gasteiger partial charge in [0.15, 0.2) is 0 Å². The Labute approximate surface area is 90.7 Å². The third-order valence-electron chi connectivity index (χ3n) is 3.38. The van der Waals surface area contributed by atoms with Crippen LogP contribution in [0.3, 0.4) is 0 Å². The Kier molecular flexibility index (Phi) is 3.41. The molecule has 0 saturated heterocycles. The van der Waals surface area contributed by atoms with E-state index < -0.39 is 0 Å². The van der Waals surface area contributed by atoms with Gasteiger partial charge in [-0.05, 0) is 6.42 Å². The minimum atomic E-state index is 1.12. The molecule has 0 aliphatic rings. The predicted octanol–water partition coefficient (Wildman–Crippen LogP) is -4.68. The highest BCUT2D eigenvalue weighted by Gasteiger charge is 2.11.